The minimum absolute atomic E-state index is 0.0869. The number of nitrogens with one attached hydrogen (secondary N) is 1. The number of ether oxygens (including phenoxy) is 1. The number of pyridine rings is 1. The summed E-state index contributed by atoms with van der Waals surface area (Å²) in [6, 6.07) is 11.6. The van der Waals surface area contributed by atoms with Crippen LogP contribution in [0.4, 0.5) is 5.00 Å². The van der Waals surface area contributed by atoms with Gasteiger partial charge in [0.1, 0.15) is 5.75 Å². The van der Waals surface area contributed by atoms with Crippen molar-refractivity contribution in [1.82, 2.24) is 4.98 Å². The molecule has 0 aliphatic heterocycles. The van der Waals surface area contributed by atoms with E-state index >= 15 is 0 Å². The van der Waals surface area contributed by atoms with Crippen LogP contribution in [0.15, 0.2) is 42.6 Å². The van der Waals surface area contributed by atoms with Gasteiger partial charge in [0.25, 0.3) is 0 Å². The molecule has 0 radical (unpaired) electrons. The third kappa shape index (κ3) is 3.12. The number of carbonyl (C=O) groups is 1. The lowest BCUT2D eigenvalue weighted by Gasteiger charge is -2.14. The average Bonchev–Trinajstić information content (AvgIpc) is 2.96. The highest BCUT2D eigenvalue weighted by molar-refractivity contribution is 7.22. The van der Waals surface area contributed by atoms with Crippen LogP contribution in [-0.2, 0) is 0 Å². The van der Waals surface area contributed by atoms with Crippen LogP contribution >= 0.6 is 11.3 Å². The maximum Gasteiger partial charge on any atom is 0.355 e. The number of carboxylic acid groups (broad SMARTS) is 1. The number of methoxy groups -OCH3 is 1. The van der Waals surface area contributed by atoms with Gasteiger partial charge in [-0.15, -0.1) is 11.3 Å². The number of carboxylic acids is 1. The standard InChI is InChI=1S/C17H16N2O3S/c1-10(11-3-5-12(22-2)6-4-11)19-15-9-13-14(23-15)7-8-18-16(13)17(20)21/h3-10,19H,1-2H3,(H,20,21)/t10-/m1/s1. The lowest BCUT2D eigenvalue weighted by molar-refractivity contribution is 0.0693. The fraction of sp³-hybridized carbons (Fsp3) is 0.176. The summed E-state index contributed by atoms with van der Waals surface area (Å²) in [5.74, 6) is -0.192. The lowest BCUT2D eigenvalue weighted by Crippen LogP contribution is -2.05. The van der Waals surface area contributed by atoms with Crippen molar-refractivity contribution in [2.75, 3.05) is 12.4 Å². The van der Waals surface area contributed by atoms with E-state index in [9.17, 15) is 9.90 Å². The molecule has 0 saturated heterocycles. The number of hydrogen-bond donors (Lipinski definition) is 2. The van der Waals surface area contributed by atoms with E-state index in [1.807, 2.05) is 36.4 Å². The Morgan fingerprint density at radius 3 is 2.70 bits per heavy atom. The van der Waals surface area contributed by atoms with E-state index in [2.05, 4.69) is 17.2 Å². The SMILES string of the molecule is COc1ccc([C@@H](C)Nc2cc3c(C(=O)O)nccc3s2)cc1. The Hall–Kier alpha value is -2.60. The molecule has 2 N–H and O–H groups in total. The van der Waals surface area contributed by atoms with E-state index in [-0.39, 0.29) is 11.7 Å². The van der Waals surface area contributed by atoms with Crippen molar-refractivity contribution in [2.45, 2.75) is 13.0 Å². The molecule has 0 fully saturated rings. The van der Waals surface area contributed by atoms with Gasteiger partial charge >= 0.3 is 5.97 Å². The molecule has 2 heterocycles. The van der Waals surface area contributed by atoms with Gasteiger partial charge in [-0.25, -0.2) is 9.78 Å². The molecule has 0 bridgehead atoms. The predicted molar refractivity (Wildman–Crippen MR) is 91.6 cm³/mol. The van der Waals surface area contributed by atoms with Gasteiger partial charge in [0.15, 0.2) is 5.69 Å². The summed E-state index contributed by atoms with van der Waals surface area (Å²) in [7, 11) is 1.64. The highest BCUT2D eigenvalue weighted by Crippen LogP contribution is 2.33. The summed E-state index contributed by atoms with van der Waals surface area (Å²) in [5.41, 5.74) is 1.21. The van der Waals surface area contributed by atoms with Crippen LogP contribution in [0.25, 0.3) is 10.1 Å². The first-order valence-corrected chi connectivity index (χ1v) is 7.92. The minimum atomic E-state index is -1.01. The topological polar surface area (TPSA) is 71.5 Å². The normalized spacial score (nSPS) is 12.1. The number of benzene rings is 1. The van der Waals surface area contributed by atoms with E-state index in [4.69, 9.17) is 4.74 Å². The van der Waals surface area contributed by atoms with Crippen molar-refractivity contribution in [2.24, 2.45) is 0 Å². The number of anilines is 1. The molecule has 0 aliphatic carbocycles. The first-order chi connectivity index (χ1) is 11.1. The molecule has 3 rings (SSSR count). The summed E-state index contributed by atoms with van der Waals surface area (Å²) < 4.78 is 6.07. The van der Waals surface area contributed by atoms with Gasteiger partial charge in [0.05, 0.1) is 12.1 Å². The Bertz CT molecular complexity index is 843. The van der Waals surface area contributed by atoms with Crippen molar-refractivity contribution >= 4 is 32.4 Å². The number of hydrogen-bond acceptors (Lipinski definition) is 5. The van der Waals surface area contributed by atoms with E-state index in [1.165, 1.54) is 17.5 Å². The molecule has 0 spiro atoms. The number of rotatable bonds is 5. The zero-order chi connectivity index (χ0) is 16.4. The summed E-state index contributed by atoms with van der Waals surface area (Å²) in [5, 5.41) is 14.2. The van der Waals surface area contributed by atoms with Crippen molar-refractivity contribution in [3.8, 4) is 5.75 Å². The first kappa shape index (κ1) is 15.3. The van der Waals surface area contributed by atoms with Crippen molar-refractivity contribution < 1.29 is 14.6 Å². The molecule has 0 amide bonds. The van der Waals surface area contributed by atoms with Crippen LogP contribution in [0, 0.1) is 0 Å². The van der Waals surface area contributed by atoms with E-state index in [0.29, 0.717) is 5.39 Å². The number of nitrogens with zero attached hydrogens (tertiary/aromatic N) is 1. The third-order valence-corrected chi connectivity index (χ3v) is 4.65. The Morgan fingerprint density at radius 2 is 2.04 bits per heavy atom. The second-order valence-electron chi connectivity index (χ2n) is 5.13. The van der Waals surface area contributed by atoms with Crippen molar-refractivity contribution in [3.05, 3.63) is 53.9 Å². The Labute approximate surface area is 137 Å². The van der Waals surface area contributed by atoms with Gasteiger partial charge in [0.2, 0.25) is 0 Å². The molecule has 118 valence electrons. The summed E-state index contributed by atoms with van der Waals surface area (Å²) in [6.07, 6.45) is 1.53. The van der Waals surface area contributed by atoms with Gasteiger partial charge in [-0.1, -0.05) is 12.1 Å². The van der Waals surface area contributed by atoms with Crippen molar-refractivity contribution in [1.29, 1.82) is 0 Å². The minimum Gasteiger partial charge on any atom is -0.497 e. The second-order valence-corrected chi connectivity index (χ2v) is 6.21. The van der Waals surface area contributed by atoms with Gasteiger partial charge in [-0.3, -0.25) is 0 Å². The number of aromatic carboxylic acids is 1. The zero-order valence-electron chi connectivity index (χ0n) is 12.7. The molecule has 0 saturated carbocycles. The molecule has 3 aromatic rings. The van der Waals surface area contributed by atoms with Crippen molar-refractivity contribution in [3.63, 3.8) is 0 Å². The average molecular weight is 328 g/mol. The summed E-state index contributed by atoms with van der Waals surface area (Å²) in [4.78, 5) is 15.2. The van der Waals surface area contributed by atoms with Gasteiger partial charge in [-0.05, 0) is 36.8 Å². The lowest BCUT2D eigenvalue weighted by atomic mass is 10.1. The van der Waals surface area contributed by atoms with Crippen LogP contribution in [0.1, 0.15) is 29.0 Å². The number of thiophene rings is 1. The molecule has 1 aromatic carbocycles. The maximum absolute atomic E-state index is 11.2. The molecule has 5 nitrogen and oxygen atoms in total. The smallest absolute Gasteiger partial charge is 0.355 e. The Kier molecular flexibility index (Phi) is 4.16. The molecular formula is C17H16N2O3S. The molecule has 0 aliphatic rings. The maximum atomic E-state index is 11.2. The second kappa shape index (κ2) is 6.26. The molecule has 1 atom stereocenters. The molecule has 2 aromatic heterocycles. The molecule has 0 unspecified atom stereocenters. The molecule has 23 heavy (non-hydrogen) atoms. The van der Waals surface area contributed by atoms with E-state index in [0.717, 1.165) is 21.0 Å². The number of fused-ring (bicyclic) bond motifs is 1. The zero-order valence-corrected chi connectivity index (χ0v) is 13.6. The van der Waals surface area contributed by atoms with Crippen LogP contribution in [0.2, 0.25) is 0 Å². The largest absolute Gasteiger partial charge is 0.497 e. The van der Waals surface area contributed by atoms with Crippen LogP contribution < -0.4 is 10.1 Å². The van der Waals surface area contributed by atoms with Gasteiger partial charge < -0.3 is 15.2 Å². The van der Waals surface area contributed by atoms with Crippen LogP contribution in [0.3, 0.4) is 0 Å². The summed E-state index contributed by atoms with van der Waals surface area (Å²) >= 11 is 1.52. The molecular weight excluding hydrogens is 312 g/mol. The molecule has 6 heteroatoms. The first-order valence-electron chi connectivity index (χ1n) is 7.11. The quantitative estimate of drug-likeness (QED) is 0.735. The highest BCUT2D eigenvalue weighted by atomic mass is 32.1. The van der Waals surface area contributed by atoms with Crippen LogP contribution in [-0.4, -0.2) is 23.2 Å². The fourth-order valence-electron chi connectivity index (χ4n) is 2.39. The third-order valence-electron chi connectivity index (χ3n) is 3.62. The van der Waals surface area contributed by atoms with Crippen LogP contribution in [0.5, 0.6) is 5.75 Å². The fourth-order valence-corrected chi connectivity index (χ4v) is 3.44. The Morgan fingerprint density at radius 1 is 1.30 bits per heavy atom. The number of aromatic nitrogens is 1. The van der Waals surface area contributed by atoms with E-state index in [1.54, 1.807) is 7.11 Å². The van der Waals surface area contributed by atoms with Gasteiger partial charge in [0, 0.05) is 22.3 Å². The van der Waals surface area contributed by atoms with Gasteiger partial charge in [-0.2, -0.15) is 0 Å². The monoisotopic (exact) mass is 328 g/mol. The predicted octanol–water partition coefficient (Wildman–Crippen LogP) is 4.18. The Balaban J connectivity index is 1.85. The summed E-state index contributed by atoms with van der Waals surface area (Å²) in [6.45, 7) is 2.06. The highest BCUT2D eigenvalue weighted by Gasteiger charge is 2.14. The van der Waals surface area contributed by atoms with E-state index < -0.39 is 5.97 Å².